The monoisotopic (exact) mass is 408 g/mol. The quantitative estimate of drug-likeness (QED) is 0.260. The minimum absolute atomic E-state index is 0.919. The summed E-state index contributed by atoms with van der Waals surface area (Å²) in [5, 5.41) is 8.85. The first-order valence-corrected chi connectivity index (χ1v) is 11.0. The van der Waals surface area contributed by atoms with Gasteiger partial charge in [-0.25, -0.2) is 0 Å². The lowest BCUT2D eigenvalue weighted by atomic mass is 9.88. The number of aryl methyl sites for hydroxylation is 1. The molecule has 1 aromatic heterocycles. The Balaban J connectivity index is 1.57. The molecule has 7 rings (SSSR count). The average molecular weight is 409 g/mol. The Morgan fingerprint density at radius 2 is 1.22 bits per heavy atom. The van der Waals surface area contributed by atoms with Gasteiger partial charge >= 0.3 is 0 Å². The van der Waals surface area contributed by atoms with Crippen molar-refractivity contribution in [1.29, 1.82) is 0 Å². The van der Waals surface area contributed by atoms with Crippen LogP contribution in [0.5, 0.6) is 0 Å². The fraction of sp³-hybridized carbons (Fsp3) is 0.0323. The third kappa shape index (κ3) is 2.45. The first-order chi connectivity index (χ1) is 15.8. The van der Waals surface area contributed by atoms with E-state index in [0.29, 0.717) is 0 Å². The predicted octanol–water partition coefficient (Wildman–Crippen LogP) is 8.97. The molecule has 0 radical (unpaired) electrons. The molecule has 0 saturated heterocycles. The zero-order valence-corrected chi connectivity index (χ0v) is 17.7. The Bertz CT molecular complexity index is 1750. The highest BCUT2D eigenvalue weighted by Gasteiger charge is 2.16. The van der Waals surface area contributed by atoms with Crippen LogP contribution in [-0.4, -0.2) is 0 Å². The van der Waals surface area contributed by atoms with E-state index in [1.165, 1.54) is 49.0 Å². The number of benzene rings is 6. The summed E-state index contributed by atoms with van der Waals surface area (Å²) in [6.45, 7) is 2.15. The van der Waals surface area contributed by atoms with Crippen molar-refractivity contribution < 1.29 is 4.42 Å². The molecule has 1 nitrogen and oxygen atoms in total. The van der Waals surface area contributed by atoms with Crippen molar-refractivity contribution in [2.45, 2.75) is 6.92 Å². The molecule has 32 heavy (non-hydrogen) atoms. The van der Waals surface area contributed by atoms with Gasteiger partial charge in [-0.2, -0.15) is 0 Å². The molecule has 150 valence electrons. The van der Waals surface area contributed by atoms with Crippen LogP contribution in [0.2, 0.25) is 0 Å². The minimum atomic E-state index is 0.919. The van der Waals surface area contributed by atoms with Gasteiger partial charge in [0.2, 0.25) is 0 Å². The normalized spacial score (nSPS) is 11.9. The van der Waals surface area contributed by atoms with Gasteiger partial charge in [0.25, 0.3) is 0 Å². The zero-order chi connectivity index (χ0) is 21.2. The van der Waals surface area contributed by atoms with E-state index in [2.05, 4.69) is 97.9 Å². The van der Waals surface area contributed by atoms with Gasteiger partial charge in [-0.3, -0.25) is 0 Å². The second-order valence-electron chi connectivity index (χ2n) is 8.67. The lowest BCUT2D eigenvalue weighted by molar-refractivity contribution is 0.632. The molecule has 0 aliphatic rings. The second kappa shape index (κ2) is 6.45. The molecule has 0 amide bonds. The first-order valence-electron chi connectivity index (χ1n) is 11.0. The average Bonchev–Trinajstić information content (AvgIpc) is 3.26. The number of hydrogen-bond acceptors (Lipinski definition) is 1. The van der Waals surface area contributed by atoms with Gasteiger partial charge in [0.1, 0.15) is 11.3 Å². The van der Waals surface area contributed by atoms with Crippen molar-refractivity contribution in [3.05, 3.63) is 109 Å². The lowest BCUT2D eigenvalue weighted by Crippen LogP contribution is -1.89. The van der Waals surface area contributed by atoms with Crippen molar-refractivity contribution in [3.8, 4) is 22.5 Å². The fourth-order valence-corrected chi connectivity index (χ4v) is 5.19. The van der Waals surface area contributed by atoms with E-state index in [1.807, 2.05) is 12.1 Å². The van der Waals surface area contributed by atoms with Crippen LogP contribution in [-0.2, 0) is 0 Å². The summed E-state index contributed by atoms with van der Waals surface area (Å²) in [6, 6.07) is 37.1. The van der Waals surface area contributed by atoms with Gasteiger partial charge in [-0.05, 0) is 68.6 Å². The summed E-state index contributed by atoms with van der Waals surface area (Å²) < 4.78 is 6.25. The summed E-state index contributed by atoms with van der Waals surface area (Å²) >= 11 is 0. The van der Waals surface area contributed by atoms with Gasteiger partial charge in [0.15, 0.2) is 0 Å². The van der Waals surface area contributed by atoms with Crippen LogP contribution in [0.4, 0.5) is 0 Å². The van der Waals surface area contributed by atoms with E-state index >= 15 is 0 Å². The number of fused-ring (bicyclic) bond motifs is 1. The number of para-hydroxylation sites is 1. The Morgan fingerprint density at radius 3 is 1.97 bits per heavy atom. The molecular formula is C31H20O. The Morgan fingerprint density at radius 1 is 0.531 bits per heavy atom. The Hall–Kier alpha value is -4.10. The van der Waals surface area contributed by atoms with E-state index in [-0.39, 0.29) is 0 Å². The molecule has 7 aromatic rings. The van der Waals surface area contributed by atoms with E-state index in [1.54, 1.807) is 0 Å². The summed E-state index contributed by atoms with van der Waals surface area (Å²) in [5.74, 6) is 0.919. The minimum Gasteiger partial charge on any atom is -0.456 e. The van der Waals surface area contributed by atoms with Crippen molar-refractivity contribution >= 4 is 43.3 Å². The molecule has 0 saturated carbocycles. The van der Waals surface area contributed by atoms with E-state index < -0.39 is 0 Å². The van der Waals surface area contributed by atoms with Crippen LogP contribution in [0.3, 0.4) is 0 Å². The van der Waals surface area contributed by atoms with Crippen LogP contribution in [0.25, 0.3) is 65.7 Å². The van der Waals surface area contributed by atoms with E-state index in [0.717, 1.165) is 22.3 Å². The first kappa shape index (κ1) is 17.6. The van der Waals surface area contributed by atoms with E-state index in [4.69, 9.17) is 4.42 Å². The summed E-state index contributed by atoms with van der Waals surface area (Å²) in [5.41, 5.74) is 5.89. The van der Waals surface area contributed by atoms with Gasteiger partial charge in [0, 0.05) is 10.9 Å². The Kier molecular flexibility index (Phi) is 3.54. The van der Waals surface area contributed by atoms with Crippen LogP contribution in [0, 0.1) is 6.92 Å². The van der Waals surface area contributed by atoms with Crippen molar-refractivity contribution in [2.75, 3.05) is 0 Å². The number of rotatable bonds is 2. The van der Waals surface area contributed by atoms with Crippen LogP contribution in [0.15, 0.2) is 108 Å². The third-order valence-corrected chi connectivity index (χ3v) is 6.68. The van der Waals surface area contributed by atoms with Crippen molar-refractivity contribution in [3.63, 3.8) is 0 Å². The molecule has 0 aliphatic carbocycles. The van der Waals surface area contributed by atoms with Crippen LogP contribution in [0.1, 0.15) is 5.56 Å². The maximum atomic E-state index is 6.25. The molecule has 1 heteroatoms. The maximum absolute atomic E-state index is 6.25. The molecule has 0 fully saturated rings. The predicted molar refractivity (Wildman–Crippen MR) is 136 cm³/mol. The molecule has 0 bridgehead atoms. The SMILES string of the molecule is Cc1cccc(-c2ccc3ccc4c(-c5cc6ccccc6o5)ccc5ccc2c3c54)c1. The number of furan rings is 1. The fourth-order valence-electron chi connectivity index (χ4n) is 5.19. The Labute approximate surface area is 185 Å². The number of hydrogen-bond donors (Lipinski definition) is 0. The van der Waals surface area contributed by atoms with Gasteiger partial charge in [0.05, 0.1) is 0 Å². The van der Waals surface area contributed by atoms with Crippen LogP contribution >= 0.6 is 0 Å². The molecule has 6 aromatic carbocycles. The molecule has 1 heterocycles. The highest BCUT2D eigenvalue weighted by atomic mass is 16.3. The van der Waals surface area contributed by atoms with Gasteiger partial charge in [-0.1, -0.05) is 90.5 Å². The van der Waals surface area contributed by atoms with Gasteiger partial charge < -0.3 is 4.42 Å². The van der Waals surface area contributed by atoms with E-state index in [9.17, 15) is 0 Å². The van der Waals surface area contributed by atoms with Gasteiger partial charge in [-0.15, -0.1) is 0 Å². The summed E-state index contributed by atoms with van der Waals surface area (Å²) in [7, 11) is 0. The molecule has 0 atom stereocenters. The maximum Gasteiger partial charge on any atom is 0.136 e. The third-order valence-electron chi connectivity index (χ3n) is 6.68. The lowest BCUT2D eigenvalue weighted by Gasteiger charge is -2.16. The highest BCUT2D eigenvalue weighted by molar-refractivity contribution is 6.27. The molecular weight excluding hydrogens is 388 g/mol. The molecule has 0 spiro atoms. The zero-order valence-electron chi connectivity index (χ0n) is 17.7. The second-order valence-corrected chi connectivity index (χ2v) is 8.67. The van der Waals surface area contributed by atoms with Crippen molar-refractivity contribution in [2.24, 2.45) is 0 Å². The topological polar surface area (TPSA) is 13.1 Å². The molecule has 0 aliphatic heterocycles. The largest absolute Gasteiger partial charge is 0.456 e. The standard InChI is InChI=1S/C31H20O/c1-19-5-4-7-22(17-19)24-13-9-20-12-16-27-25(29-18-23-6-2-3-8-28(23)32-29)14-10-21-11-15-26(24)30(20)31(21)27/h2-18H,1H3. The molecule has 0 N–H and O–H groups in total. The summed E-state index contributed by atoms with van der Waals surface area (Å²) in [4.78, 5) is 0. The highest BCUT2D eigenvalue weighted by Crippen LogP contribution is 2.43. The smallest absolute Gasteiger partial charge is 0.136 e. The van der Waals surface area contributed by atoms with Crippen LogP contribution < -0.4 is 0 Å². The molecule has 0 unspecified atom stereocenters. The van der Waals surface area contributed by atoms with Crippen molar-refractivity contribution in [1.82, 2.24) is 0 Å². The summed E-state index contributed by atoms with van der Waals surface area (Å²) in [6.07, 6.45) is 0.